The third-order valence-electron chi connectivity index (χ3n) is 3.88. The van der Waals surface area contributed by atoms with Gasteiger partial charge >= 0.3 is 0 Å². The number of nitrogens with zero attached hydrogens (tertiary/aromatic N) is 4. The topological polar surface area (TPSA) is 61.7 Å². The standard InChI is InChI=1S/C15H17N5/c1-9-14(8-19(2)18-9)20-13-6-5-11(16)7-12(13)17-15(20)10-3-4-10/h5-8,10H,3-4,16H2,1-2H3. The Balaban J connectivity index is 2.05. The maximum absolute atomic E-state index is 5.88. The molecule has 5 heteroatoms. The largest absolute Gasteiger partial charge is 0.399 e. The Kier molecular flexibility index (Phi) is 2.22. The number of benzene rings is 1. The summed E-state index contributed by atoms with van der Waals surface area (Å²) < 4.78 is 4.10. The third kappa shape index (κ3) is 1.62. The molecule has 4 rings (SSSR count). The highest BCUT2D eigenvalue weighted by Gasteiger charge is 2.30. The van der Waals surface area contributed by atoms with Crippen LogP contribution < -0.4 is 5.73 Å². The average Bonchev–Trinajstić information content (AvgIpc) is 3.10. The zero-order valence-electron chi connectivity index (χ0n) is 11.7. The summed E-state index contributed by atoms with van der Waals surface area (Å²) in [5.74, 6) is 1.71. The van der Waals surface area contributed by atoms with Gasteiger partial charge in [-0.15, -0.1) is 0 Å². The molecule has 3 aromatic rings. The Morgan fingerprint density at radius 3 is 2.75 bits per heavy atom. The van der Waals surface area contributed by atoms with Crippen LogP contribution in [-0.2, 0) is 7.05 Å². The first-order valence-electron chi connectivity index (χ1n) is 6.92. The van der Waals surface area contributed by atoms with E-state index >= 15 is 0 Å². The number of imidazole rings is 1. The molecule has 0 atom stereocenters. The molecule has 2 aromatic heterocycles. The van der Waals surface area contributed by atoms with Crippen molar-refractivity contribution >= 4 is 16.7 Å². The van der Waals surface area contributed by atoms with Gasteiger partial charge in [-0.2, -0.15) is 5.10 Å². The molecule has 102 valence electrons. The number of fused-ring (bicyclic) bond motifs is 1. The van der Waals surface area contributed by atoms with Crippen LogP contribution in [-0.4, -0.2) is 19.3 Å². The van der Waals surface area contributed by atoms with Crippen LogP contribution in [0.2, 0.25) is 0 Å². The van der Waals surface area contributed by atoms with Crippen molar-refractivity contribution in [3.63, 3.8) is 0 Å². The first kappa shape index (κ1) is 11.5. The highest BCUT2D eigenvalue weighted by atomic mass is 15.3. The van der Waals surface area contributed by atoms with E-state index in [1.165, 1.54) is 12.8 Å². The number of anilines is 1. The Labute approximate surface area is 117 Å². The number of nitrogens with two attached hydrogens (primary N) is 1. The molecule has 1 saturated carbocycles. The lowest BCUT2D eigenvalue weighted by Gasteiger charge is -2.07. The number of hydrogen-bond acceptors (Lipinski definition) is 3. The summed E-state index contributed by atoms with van der Waals surface area (Å²) in [6, 6.07) is 5.93. The van der Waals surface area contributed by atoms with Crippen LogP contribution in [0.15, 0.2) is 24.4 Å². The molecular weight excluding hydrogens is 250 g/mol. The lowest BCUT2D eigenvalue weighted by atomic mass is 10.2. The molecule has 20 heavy (non-hydrogen) atoms. The normalized spacial score (nSPS) is 15.1. The molecule has 0 bridgehead atoms. The zero-order valence-corrected chi connectivity index (χ0v) is 11.7. The predicted molar refractivity (Wildman–Crippen MR) is 79.0 cm³/mol. The van der Waals surface area contributed by atoms with Gasteiger partial charge in [-0.1, -0.05) is 0 Å². The lowest BCUT2D eigenvalue weighted by molar-refractivity contribution is 0.756. The molecular formula is C15H17N5. The van der Waals surface area contributed by atoms with Gasteiger partial charge in [0.05, 0.1) is 22.4 Å². The molecule has 1 fully saturated rings. The molecule has 1 aliphatic rings. The predicted octanol–water partition coefficient (Wildman–Crippen LogP) is 2.53. The van der Waals surface area contributed by atoms with Gasteiger partial charge in [0.2, 0.25) is 0 Å². The molecule has 5 nitrogen and oxygen atoms in total. The Hall–Kier alpha value is -2.30. The lowest BCUT2D eigenvalue weighted by Crippen LogP contribution is -2.00. The van der Waals surface area contributed by atoms with Crippen molar-refractivity contribution < 1.29 is 0 Å². The van der Waals surface area contributed by atoms with Crippen molar-refractivity contribution in [3.05, 3.63) is 35.9 Å². The smallest absolute Gasteiger partial charge is 0.117 e. The summed E-state index contributed by atoms with van der Waals surface area (Å²) in [4.78, 5) is 4.81. The van der Waals surface area contributed by atoms with Gasteiger partial charge in [-0.25, -0.2) is 4.98 Å². The van der Waals surface area contributed by atoms with Crippen LogP contribution in [0.4, 0.5) is 5.69 Å². The number of hydrogen-bond donors (Lipinski definition) is 1. The van der Waals surface area contributed by atoms with E-state index in [0.717, 1.165) is 33.9 Å². The summed E-state index contributed by atoms with van der Waals surface area (Å²) in [5.41, 5.74) is 10.8. The quantitative estimate of drug-likeness (QED) is 0.726. The second-order valence-corrected chi connectivity index (χ2v) is 5.60. The van der Waals surface area contributed by atoms with Gasteiger partial charge in [0.15, 0.2) is 0 Å². The highest BCUT2D eigenvalue weighted by Crippen LogP contribution is 2.42. The van der Waals surface area contributed by atoms with E-state index in [9.17, 15) is 0 Å². The Bertz CT molecular complexity index is 807. The minimum absolute atomic E-state index is 0.572. The molecule has 2 N–H and O–H groups in total. The van der Waals surface area contributed by atoms with Crippen LogP contribution in [0, 0.1) is 6.92 Å². The first-order valence-corrected chi connectivity index (χ1v) is 6.92. The second kappa shape index (κ2) is 3.85. The molecule has 0 amide bonds. The average molecular weight is 267 g/mol. The van der Waals surface area contributed by atoms with Crippen LogP contribution in [0.25, 0.3) is 16.7 Å². The fraction of sp³-hybridized carbons (Fsp3) is 0.333. The van der Waals surface area contributed by atoms with Gasteiger partial charge in [0, 0.05) is 24.8 Å². The maximum Gasteiger partial charge on any atom is 0.117 e. The van der Waals surface area contributed by atoms with Crippen LogP contribution in [0.3, 0.4) is 0 Å². The van der Waals surface area contributed by atoms with Crippen molar-refractivity contribution in [3.8, 4) is 5.69 Å². The van der Waals surface area contributed by atoms with Crippen molar-refractivity contribution in [2.24, 2.45) is 7.05 Å². The third-order valence-corrected chi connectivity index (χ3v) is 3.88. The number of rotatable bonds is 2. The van der Waals surface area contributed by atoms with Crippen molar-refractivity contribution in [2.75, 3.05) is 5.73 Å². The summed E-state index contributed by atoms with van der Waals surface area (Å²) in [5, 5.41) is 4.46. The van der Waals surface area contributed by atoms with E-state index in [0.29, 0.717) is 5.92 Å². The van der Waals surface area contributed by atoms with E-state index in [1.807, 2.05) is 30.8 Å². The van der Waals surface area contributed by atoms with E-state index in [1.54, 1.807) is 0 Å². The van der Waals surface area contributed by atoms with E-state index in [-0.39, 0.29) is 0 Å². The number of nitrogen functional groups attached to an aromatic ring is 1. The Morgan fingerprint density at radius 1 is 1.30 bits per heavy atom. The van der Waals surface area contributed by atoms with Crippen LogP contribution in [0.1, 0.15) is 30.3 Å². The van der Waals surface area contributed by atoms with Crippen molar-refractivity contribution in [1.82, 2.24) is 19.3 Å². The zero-order chi connectivity index (χ0) is 13.9. The number of aryl methyl sites for hydroxylation is 2. The first-order chi connectivity index (χ1) is 9.63. The summed E-state index contributed by atoms with van der Waals surface area (Å²) in [7, 11) is 1.95. The molecule has 0 spiro atoms. The molecule has 0 unspecified atom stereocenters. The SMILES string of the molecule is Cc1nn(C)cc1-n1c(C2CC2)nc2cc(N)ccc21. The molecule has 0 radical (unpaired) electrons. The minimum atomic E-state index is 0.572. The Morgan fingerprint density at radius 2 is 2.10 bits per heavy atom. The van der Waals surface area contributed by atoms with Crippen LogP contribution in [0.5, 0.6) is 0 Å². The summed E-state index contributed by atoms with van der Waals surface area (Å²) in [6.45, 7) is 2.04. The monoisotopic (exact) mass is 267 g/mol. The fourth-order valence-electron chi connectivity index (χ4n) is 2.79. The van der Waals surface area contributed by atoms with Crippen molar-refractivity contribution in [1.29, 1.82) is 0 Å². The van der Waals surface area contributed by atoms with E-state index in [2.05, 4.69) is 21.9 Å². The van der Waals surface area contributed by atoms with Crippen molar-refractivity contribution in [2.45, 2.75) is 25.7 Å². The molecule has 0 aliphatic heterocycles. The fourth-order valence-corrected chi connectivity index (χ4v) is 2.79. The molecule has 1 aliphatic carbocycles. The van der Waals surface area contributed by atoms with Gasteiger partial charge in [0.25, 0.3) is 0 Å². The molecule has 1 aromatic carbocycles. The summed E-state index contributed by atoms with van der Waals surface area (Å²) >= 11 is 0. The van der Waals surface area contributed by atoms with Crippen LogP contribution >= 0.6 is 0 Å². The highest BCUT2D eigenvalue weighted by molar-refractivity contribution is 5.82. The minimum Gasteiger partial charge on any atom is -0.399 e. The van der Waals surface area contributed by atoms with Gasteiger partial charge in [-0.05, 0) is 38.0 Å². The molecule has 0 saturated heterocycles. The summed E-state index contributed by atoms with van der Waals surface area (Å²) in [6.07, 6.45) is 4.49. The number of aromatic nitrogens is 4. The van der Waals surface area contributed by atoms with Gasteiger partial charge in [-0.3, -0.25) is 9.25 Å². The maximum atomic E-state index is 5.88. The van der Waals surface area contributed by atoms with Gasteiger partial charge in [0.1, 0.15) is 5.82 Å². The van der Waals surface area contributed by atoms with Gasteiger partial charge < -0.3 is 5.73 Å². The second-order valence-electron chi connectivity index (χ2n) is 5.60. The molecule has 2 heterocycles. The van der Waals surface area contributed by atoms with E-state index < -0.39 is 0 Å². The van der Waals surface area contributed by atoms with E-state index in [4.69, 9.17) is 10.7 Å².